The van der Waals surface area contributed by atoms with E-state index in [0.29, 0.717) is 12.4 Å². The van der Waals surface area contributed by atoms with Crippen LogP contribution >= 0.6 is 12.2 Å². The molecule has 0 radical (unpaired) electrons. The van der Waals surface area contributed by atoms with Crippen LogP contribution < -0.4 is 15.4 Å². The van der Waals surface area contributed by atoms with Gasteiger partial charge in [0.25, 0.3) is 0 Å². The second-order valence-electron chi connectivity index (χ2n) is 5.44. The second kappa shape index (κ2) is 8.84. The fraction of sp³-hybridized carbons (Fsp3) is 0.158. The fourth-order valence-corrected chi connectivity index (χ4v) is 2.22. The number of hydrogen-bond donors (Lipinski definition) is 2. The number of benzene rings is 2. The molecule has 2 aromatic rings. The normalized spacial score (nSPS) is 9.88. The summed E-state index contributed by atoms with van der Waals surface area (Å²) in [5.74, 6) is 0.551. The standard InChI is InChI=1S/C19H20N2O2S/c1-14(2)13-23-17-10-6-9-16(12-17)20-19(24)21-18(22)11-15-7-4-3-5-8-15/h3-10,12H,1,11,13H2,2H3,(H2,20,21,22,24). The van der Waals surface area contributed by atoms with Gasteiger partial charge in [-0.1, -0.05) is 43.0 Å². The predicted molar refractivity (Wildman–Crippen MR) is 101 cm³/mol. The smallest absolute Gasteiger partial charge is 0.230 e. The Morgan fingerprint density at radius 3 is 2.62 bits per heavy atom. The number of hydrogen-bond acceptors (Lipinski definition) is 3. The zero-order valence-corrected chi connectivity index (χ0v) is 14.4. The lowest BCUT2D eigenvalue weighted by Crippen LogP contribution is -2.35. The van der Waals surface area contributed by atoms with Gasteiger partial charge >= 0.3 is 0 Å². The summed E-state index contributed by atoms with van der Waals surface area (Å²) >= 11 is 5.18. The first-order chi connectivity index (χ1) is 11.5. The van der Waals surface area contributed by atoms with Gasteiger partial charge in [-0.25, -0.2) is 0 Å². The molecule has 2 N–H and O–H groups in total. The van der Waals surface area contributed by atoms with Crippen LogP contribution in [-0.2, 0) is 11.2 Å². The summed E-state index contributed by atoms with van der Waals surface area (Å²) in [6.07, 6.45) is 0.282. The molecule has 2 aromatic carbocycles. The molecule has 0 saturated heterocycles. The Balaban J connectivity index is 1.86. The van der Waals surface area contributed by atoms with Crippen molar-refractivity contribution in [2.45, 2.75) is 13.3 Å². The van der Waals surface area contributed by atoms with Gasteiger partial charge in [0.15, 0.2) is 5.11 Å². The van der Waals surface area contributed by atoms with Crippen molar-refractivity contribution < 1.29 is 9.53 Å². The topological polar surface area (TPSA) is 50.4 Å². The zero-order valence-electron chi connectivity index (χ0n) is 13.5. The molecule has 124 valence electrons. The SMILES string of the molecule is C=C(C)COc1cccc(NC(=S)NC(=O)Cc2ccccc2)c1. The second-order valence-corrected chi connectivity index (χ2v) is 5.85. The Kier molecular flexibility index (Phi) is 6.51. The van der Waals surface area contributed by atoms with Crippen molar-refractivity contribution in [1.82, 2.24) is 5.32 Å². The Morgan fingerprint density at radius 1 is 1.17 bits per heavy atom. The molecule has 0 heterocycles. The number of carbonyl (C=O) groups excluding carboxylic acids is 1. The first kappa shape index (κ1) is 17.7. The number of rotatable bonds is 6. The summed E-state index contributed by atoms with van der Waals surface area (Å²) in [5.41, 5.74) is 2.63. The monoisotopic (exact) mass is 340 g/mol. The first-order valence-electron chi connectivity index (χ1n) is 7.55. The van der Waals surface area contributed by atoms with Gasteiger partial charge in [0.2, 0.25) is 5.91 Å². The van der Waals surface area contributed by atoms with Gasteiger partial charge in [0.05, 0.1) is 6.42 Å². The van der Waals surface area contributed by atoms with E-state index >= 15 is 0 Å². The van der Waals surface area contributed by atoms with Crippen LogP contribution in [0, 0.1) is 0 Å². The summed E-state index contributed by atoms with van der Waals surface area (Å²) < 4.78 is 5.58. The van der Waals surface area contributed by atoms with E-state index in [1.54, 1.807) is 0 Å². The Labute approximate surface area is 147 Å². The van der Waals surface area contributed by atoms with Crippen LogP contribution in [0.15, 0.2) is 66.7 Å². The fourth-order valence-electron chi connectivity index (χ4n) is 1.98. The number of thiocarbonyl (C=S) groups is 1. The highest BCUT2D eigenvalue weighted by atomic mass is 32.1. The van der Waals surface area contributed by atoms with Crippen molar-refractivity contribution in [3.63, 3.8) is 0 Å². The lowest BCUT2D eigenvalue weighted by atomic mass is 10.1. The Morgan fingerprint density at radius 2 is 1.92 bits per heavy atom. The minimum absolute atomic E-state index is 0.159. The highest BCUT2D eigenvalue weighted by molar-refractivity contribution is 7.80. The number of nitrogens with one attached hydrogen (secondary N) is 2. The van der Waals surface area contributed by atoms with E-state index in [2.05, 4.69) is 17.2 Å². The largest absolute Gasteiger partial charge is 0.489 e. The van der Waals surface area contributed by atoms with Crippen molar-refractivity contribution in [2.75, 3.05) is 11.9 Å². The highest BCUT2D eigenvalue weighted by Gasteiger charge is 2.06. The molecule has 0 fully saturated rings. The minimum Gasteiger partial charge on any atom is -0.489 e. The lowest BCUT2D eigenvalue weighted by molar-refractivity contribution is -0.119. The van der Waals surface area contributed by atoms with Gasteiger partial charge in [0.1, 0.15) is 12.4 Å². The molecule has 0 aliphatic carbocycles. The summed E-state index contributed by atoms with van der Waals surface area (Å²) in [5, 5.41) is 5.91. The third-order valence-electron chi connectivity index (χ3n) is 3.04. The zero-order chi connectivity index (χ0) is 17.4. The Hall–Kier alpha value is -2.66. The summed E-state index contributed by atoms with van der Waals surface area (Å²) in [6, 6.07) is 16.9. The molecule has 0 bridgehead atoms. The molecule has 0 unspecified atom stereocenters. The maximum atomic E-state index is 12.0. The third kappa shape index (κ3) is 6.22. The molecule has 0 aromatic heterocycles. The molecule has 0 saturated carbocycles. The van der Waals surface area contributed by atoms with Crippen LogP contribution in [0.4, 0.5) is 5.69 Å². The van der Waals surface area contributed by atoms with Crippen molar-refractivity contribution in [3.8, 4) is 5.75 Å². The van der Waals surface area contributed by atoms with E-state index in [9.17, 15) is 4.79 Å². The molecule has 2 rings (SSSR count). The van der Waals surface area contributed by atoms with Gasteiger partial charge in [-0.2, -0.15) is 0 Å². The molecule has 24 heavy (non-hydrogen) atoms. The van der Waals surface area contributed by atoms with E-state index < -0.39 is 0 Å². The van der Waals surface area contributed by atoms with Gasteiger partial charge in [-0.15, -0.1) is 0 Å². The van der Waals surface area contributed by atoms with Crippen molar-refractivity contribution >= 4 is 28.9 Å². The van der Waals surface area contributed by atoms with Crippen LogP contribution in [0.3, 0.4) is 0 Å². The van der Waals surface area contributed by atoms with E-state index in [-0.39, 0.29) is 17.4 Å². The van der Waals surface area contributed by atoms with E-state index in [1.807, 2.05) is 61.5 Å². The van der Waals surface area contributed by atoms with Crippen LogP contribution in [0.25, 0.3) is 0 Å². The number of amides is 1. The van der Waals surface area contributed by atoms with Crippen LogP contribution in [0.1, 0.15) is 12.5 Å². The predicted octanol–water partition coefficient (Wildman–Crippen LogP) is 3.70. The minimum atomic E-state index is -0.159. The van der Waals surface area contributed by atoms with E-state index in [0.717, 1.165) is 16.8 Å². The number of ether oxygens (including phenoxy) is 1. The van der Waals surface area contributed by atoms with Gasteiger partial charge < -0.3 is 15.4 Å². The van der Waals surface area contributed by atoms with Crippen molar-refractivity contribution in [1.29, 1.82) is 0 Å². The van der Waals surface area contributed by atoms with Crippen LogP contribution in [0.2, 0.25) is 0 Å². The maximum Gasteiger partial charge on any atom is 0.230 e. The maximum absolute atomic E-state index is 12.0. The number of anilines is 1. The Bertz CT molecular complexity index is 729. The summed E-state index contributed by atoms with van der Waals surface area (Å²) in [4.78, 5) is 12.0. The van der Waals surface area contributed by atoms with Gasteiger partial charge in [0, 0.05) is 11.8 Å². The van der Waals surface area contributed by atoms with E-state index in [4.69, 9.17) is 17.0 Å². The average molecular weight is 340 g/mol. The molecule has 0 atom stereocenters. The molecule has 0 aliphatic heterocycles. The van der Waals surface area contributed by atoms with Crippen molar-refractivity contribution in [2.24, 2.45) is 0 Å². The average Bonchev–Trinajstić information content (AvgIpc) is 2.54. The molecular formula is C19H20N2O2S. The first-order valence-corrected chi connectivity index (χ1v) is 7.96. The summed E-state index contributed by atoms with van der Waals surface area (Å²) in [7, 11) is 0. The van der Waals surface area contributed by atoms with Gasteiger partial charge in [-0.3, -0.25) is 4.79 Å². The quantitative estimate of drug-likeness (QED) is 0.622. The van der Waals surface area contributed by atoms with Crippen molar-refractivity contribution in [3.05, 3.63) is 72.3 Å². The molecule has 4 nitrogen and oxygen atoms in total. The molecule has 5 heteroatoms. The molecular weight excluding hydrogens is 320 g/mol. The molecule has 0 aliphatic rings. The van der Waals surface area contributed by atoms with Crippen LogP contribution in [0.5, 0.6) is 5.75 Å². The van der Waals surface area contributed by atoms with E-state index in [1.165, 1.54) is 0 Å². The highest BCUT2D eigenvalue weighted by Crippen LogP contribution is 2.17. The number of carbonyl (C=O) groups is 1. The lowest BCUT2D eigenvalue weighted by Gasteiger charge is -2.11. The summed E-state index contributed by atoms with van der Waals surface area (Å²) in [6.45, 7) is 6.16. The third-order valence-corrected chi connectivity index (χ3v) is 3.24. The van der Waals surface area contributed by atoms with Crippen LogP contribution in [-0.4, -0.2) is 17.6 Å². The van der Waals surface area contributed by atoms with Gasteiger partial charge in [-0.05, 0) is 42.4 Å². The molecule has 1 amide bonds. The molecule has 0 spiro atoms.